The van der Waals surface area contributed by atoms with Gasteiger partial charge in [-0.05, 0) is 31.0 Å². The van der Waals surface area contributed by atoms with Crippen LogP contribution < -0.4 is 20.7 Å². The second-order valence-corrected chi connectivity index (χ2v) is 8.62. The zero-order chi connectivity index (χ0) is 19.7. The molecular weight excluding hydrogens is 495 g/mol. The van der Waals surface area contributed by atoms with Crippen molar-refractivity contribution in [1.29, 1.82) is 0 Å². The van der Waals surface area contributed by atoms with Gasteiger partial charge in [-0.25, -0.2) is 13.4 Å². The minimum atomic E-state index is -2.99. The maximum Gasteiger partial charge on any atom is 0.222 e. The van der Waals surface area contributed by atoms with Crippen LogP contribution in [-0.4, -0.2) is 58.0 Å². The molecule has 158 valence electrons. The number of sulfone groups is 1. The van der Waals surface area contributed by atoms with Gasteiger partial charge in [0.2, 0.25) is 5.91 Å². The van der Waals surface area contributed by atoms with Gasteiger partial charge in [-0.15, -0.1) is 24.0 Å². The quantitative estimate of drug-likeness (QED) is 0.267. The van der Waals surface area contributed by atoms with Crippen molar-refractivity contribution in [2.24, 2.45) is 4.99 Å². The molecule has 0 radical (unpaired) electrons. The Labute approximate surface area is 183 Å². The summed E-state index contributed by atoms with van der Waals surface area (Å²) < 4.78 is 28.1. The number of carbonyl (C=O) groups is 1. The van der Waals surface area contributed by atoms with E-state index in [-0.39, 0.29) is 53.9 Å². The van der Waals surface area contributed by atoms with Crippen molar-refractivity contribution in [3.8, 4) is 5.75 Å². The Morgan fingerprint density at radius 1 is 1.32 bits per heavy atom. The van der Waals surface area contributed by atoms with Crippen LogP contribution in [0.4, 0.5) is 0 Å². The third-order valence-corrected chi connectivity index (χ3v) is 5.91. The van der Waals surface area contributed by atoms with Crippen molar-refractivity contribution in [3.63, 3.8) is 0 Å². The smallest absolute Gasteiger partial charge is 0.222 e. The van der Waals surface area contributed by atoms with E-state index in [1.54, 1.807) is 7.11 Å². The molecule has 1 aliphatic rings. The topological polar surface area (TPSA) is 109 Å². The summed E-state index contributed by atoms with van der Waals surface area (Å²) in [5.41, 5.74) is 1.02. The number of carbonyl (C=O) groups excluding carboxylic acids is 1. The Kier molecular flexibility index (Phi) is 10.6. The molecule has 1 aromatic rings. The number of benzene rings is 1. The van der Waals surface area contributed by atoms with E-state index in [1.165, 1.54) is 0 Å². The van der Waals surface area contributed by atoms with Crippen LogP contribution in [0, 0.1) is 0 Å². The molecule has 1 saturated heterocycles. The third-order valence-electron chi connectivity index (χ3n) is 4.14. The lowest BCUT2D eigenvalue weighted by Gasteiger charge is -2.13. The molecule has 1 amide bonds. The molecule has 0 aromatic heterocycles. The van der Waals surface area contributed by atoms with Crippen LogP contribution in [0.2, 0.25) is 0 Å². The van der Waals surface area contributed by atoms with Gasteiger partial charge in [0, 0.05) is 25.6 Å². The predicted molar refractivity (Wildman–Crippen MR) is 121 cm³/mol. The maximum absolute atomic E-state index is 12.0. The standard InChI is InChI=1S/C18H28N4O4S.HI/c1-3-19-18(21-12-14-5-4-6-16(11-14)26-2)20-9-7-17(23)22-15-8-10-27(24,25)13-15;/h4-6,11,15H,3,7-10,12-13H2,1-2H3,(H,22,23)(H2,19,20,21);1H. The van der Waals surface area contributed by atoms with Crippen molar-refractivity contribution in [1.82, 2.24) is 16.0 Å². The number of ether oxygens (including phenoxy) is 1. The molecule has 1 atom stereocenters. The fraction of sp³-hybridized carbons (Fsp3) is 0.556. The van der Waals surface area contributed by atoms with Crippen molar-refractivity contribution < 1.29 is 17.9 Å². The highest BCUT2D eigenvalue weighted by atomic mass is 127. The van der Waals surface area contributed by atoms with Crippen LogP contribution >= 0.6 is 24.0 Å². The van der Waals surface area contributed by atoms with Gasteiger partial charge >= 0.3 is 0 Å². The molecule has 10 heteroatoms. The Morgan fingerprint density at radius 2 is 2.11 bits per heavy atom. The van der Waals surface area contributed by atoms with Gasteiger partial charge < -0.3 is 20.7 Å². The van der Waals surface area contributed by atoms with Gasteiger partial charge in [-0.2, -0.15) is 0 Å². The number of guanidine groups is 1. The minimum absolute atomic E-state index is 0. The minimum Gasteiger partial charge on any atom is -0.497 e. The molecule has 2 rings (SSSR count). The lowest BCUT2D eigenvalue weighted by atomic mass is 10.2. The van der Waals surface area contributed by atoms with E-state index in [4.69, 9.17) is 4.74 Å². The van der Waals surface area contributed by atoms with Crippen molar-refractivity contribution in [2.75, 3.05) is 31.7 Å². The third kappa shape index (κ3) is 8.63. The molecule has 1 aromatic carbocycles. The zero-order valence-electron chi connectivity index (χ0n) is 16.2. The summed E-state index contributed by atoms with van der Waals surface area (Å²) in [6.07, 6.45) is 0.742. The molecule has 0 aliphatic carbocycles. The summed E-state index contributed by atoms with van der Waals surface area (Å²) in [6, 6.07) is 7.43. The first-order valence-electron chi connectivity index (χ1n) is 9.06. The van der Waals surface area contributed by atoms with Crippen LogP contribution in [0.1, 0.15) is 25.3 Å². The Morgan fingerprint density at radius 3 is 2.75 bits per heavy atom. The number of rotatable bonds is 8. The van der Waals surface area contributed by atoms with E-state index < -0.39 is 9.84 Å². The lowest BCUT2D eigenvalue weighted by molar-refractivity contribution is -0.121. The number of hydrogen-bond donors (Lipinski definition) is 3. The second-order valence-electron chi connectivity index (χ2n) is 6.39. The van der Waals surface area contributed by atoms with Gasteiger partial charge in [0.25, 0.3) is 0 Å². The van der Waals surface area contributed by atoms with Crippen LogP contribution in [-0.2, 0) is 21.2 Å². The summed E-state index contributed by atoms with van der Waals surface area (Å²) in [7, 11) is -1.36. The molecule has 0 spiro atoms. The summed E-state index contributed by atoms with van der Waals surface area (Å²) >= 11 is 0. The fourth-order valence-corrected chi connectivity index (χ4v) is 4.46. The number of methoxy groups -OCH3 is 1. The first-order chi connectivity index (χ1) is 12.9. The Balaban J connectivity index is 0.00000392. The first kappa shape index (κ1) is 24.5. The normalized spacial score (nSPS) is 18.1. The number of nitrogens with zero attached hydrogens (tertiary/aromatic N) is 1. The molecule has 28 heavy (non-hydrogen) atoms. The van der Waals surface area contributed by atoms with Crippen LogP contribution in [0.15, 0.2) is 29.3 Å². The number of hydrogen-bond acceptors (Lipinski definition) is 5. The average Bonchev–Trinajstić information content (AvgIpc) is 2.98. The highest BCUT2D eigenvalue weighted by Gasteiger charge is 2.28. The molecule has 1 unspecified atom stereocenters. The second kappa shape index (κ2) is 12.1. The van der Waals surface area contributed by atoms with Crippen LogP contribution in [0.3, 0.4) is 0 Å². The van der Waals surface area contributed by atoms with Gasteiger partial charge in [0.1, 0.15) is 5.75 Å². The molecule has 8 nitrogen and oxygen atoms in total. The van der Waals surface area contributed by atoms with E-state index in [0.29, 0.717) is 32.0 Å². The molecule has 0 bridgehead atoms. The number of amides is 1. The van der Waals surface area contributed by atoms with E-state index in [0.717, 1.165) is 11.3 Å². The summed E-state index contributed by atoms with van der Waals surface area (Å²) in [4.78, 5) is 16.5. The van der Waals surface area contributed by atoms with E-state index in [9.17, 15) is 13.2 Å². The highest BCUT2D eigenvalue weighted by Crippen LogP contribution is 2.13. The maximum atomic E-state index is 12.0. The van der Waals surface area contributed by atoms with Gasteiger partial charge in [-0.1, -0.05) is 12.1 Å². The predicted octanol–water partition coefficient (Wildman–Crippen LogP) is 1.06. The van der Waals surface area contributed by atoms with Crippen molar-refractivity contribution >= 4 is 45.7 Å². The van der Waals surface area contributed by atoms with Gasteiger partial charge in [-0.3, -0.25) is 4.79 Å². The molecule has 1 heterocycles. The van der Waals surface area contributed by atoms with Crippen LogP contribution in [0.25, 0.3) is 0 Å². The molecule has 1 fully saturated rings. The number of aliphatic imine (C=N–C) groups is 1. The van der Waals surface area contributed by atoms with Crippen molar-refractivity contribution in [2.45, 2.75) is 32.4 Å². The number of halogens is 1. The van der Waals surface area contributed by atoms with E-state index >= 15 is 0 Å². The summed E-state index contributed by atoms with van der Waals surface area (Å²) in [5.74, 6) is 1.44. The largest absolute Gasteiger partial charge is 0.497 e. The Hall–Kier alpha value is -1.56. The number of nitrogens with one attached hydrogen (secondary N) is 3. The van der Waals surface area contributed by atoms with E-state index in [1.807, 2.05) is 31.2 Å². The SMILES string of the molecule is CCNC(=NCc1cccc(OC)c1)NCCC(=O)NC1CCS(=O)(=O)C1.I. The fourth-order valence-electron chi connectivity index (χ4n) is 2.79. The molecule has 1 aliphatic heterocycles. The average molecular weight is 524 g/mol. The summed E-state index contributed by atoms with van der Waals surface area (Å²) in [5, 5.41) is 9.03. The molecule has 0 saturated carbocycles. The zero-order valence-corrected chi connectivity index (χ0v) is 19.4. The monoisotopic (exact) mass is 524 g/mol. The van der Waals surface area contributed by atoms with Gasteiger partial charge in [0.05, 0.1) is 25.2 Å². The first-order valence-corrected chi connectivity index (χ1v) is 10.9. The Bertz CT molecular complexity index is 771. The molecular formula is C18H29IN4O4S. The lowest BCUT2D eigenvalue weighted by Crippen LogP contribution is -2.41. The van der Waals surface area contributed by atoms with Gasteiger partial charge in [0.15, 0.2) is 15.8 Å². The summed E-state index contributed by atoms with van der Waals surface area (Å²) in [6.45, 7) is 3.57. The highest BCUT2D eigenvalue weighted by molar-refractivity contribution is 14.0. The van der Waals surface area contributed by atoms with Crippen LogP contribution in [0.5, 0.6) is 5.75 Å². The van der Waals surface area contributed by atoms with Crippen molar-refractivity contribution in [3.05, 3.63) is 29.8 Å². The van der Waals surface area contributed by atoms with E-state index in [2.05, 4.69) is 20.9 Å². The molecule has 3 N–H and O–H groups in total.